The molecule has 0 aliphatic carbocycles. The van der Waals surface area contributed by atoms with Crippen LogP contribution in [-0.2, 0) is 7.05 Å². The standard InChI is InChI=1S/C7H10N2/c1-4-7-5-6(2)9(3)8-7/h4-5H,1H2,2-3H3. The van der Waals surface area contributed by atoms with Crippen molar-refractivity contribution in [1.29, 1.82) is 0 Å². The van der Waals surface area contributed by atoms with Crippen LogP contribution in [0.5, 0.6) is 0 Å². The highest BCUT2D eigenvalue weighted by Crippen LogP contribution is 2.00. The number of rotatable bonds is 1. The Bertz CT molecular complexity index is 203. The van der Waals surface area contributed by atoms with E-state index in [0.717, 1.165) is 11.4 Å². The molecule has 0 aliphatic heterocycles. The fourth-order valence-electron chi connectivity index (χ4n) is 0.688. The maximum atomic E-state index is 4.13. The first-order valence-corrected chi connectivity index (χ1v) is 2.87. The Labute approximate surface area is 54.8 Å². The Hall–Kier alpha value is -1.05. The van der Waals surface area contributed by atoms with E-state index in [1.807, 2.05) is 24.7 Å². The molecule has 0 aromatic carbocycles. The van der Waals surface area contributed by atoms with Gasteiger partial charge in [0.15, 0.2) is 0 Å². The van der Waals surface area contributed by atoms with Crippen molar-refractivity contribution < 1.29 is 0 Å². The molecule has 0 fully saturated rings. The Morgan fingerprint density at radius 1 is 1.78 bits per heavy atom. The van der Waals surface area contributed by atoms with Crippen LogP contribution in [-0.4, -0.2) is 9.78 Å². The van der Waals surface area contributed by atoms with Gasteiger partial charge >= 0.3 is 0 Å². The molecule has 0 N–H and O–H groups in total. The quantitative estimate of drug-likeness (QED) is 0.550. The molecule has 0 radical (unpaired) electrons. The Morgan fingerprint density at radius 2 is 2.44 bits per heavy atom. The van der Waals surface area contributed by atoms with E-state index in [9.17, 15) is 0 Å². The van der Waals surface area contributed by atoms with Gasteiger partial charge in [-0.2, -0.15) is 5.10 Å². The zero-order valence-corrected chi connectivity index (χ0v) is 5.76. The highest BCUT2D eigenvalue weighted by molar-refractivity contribution is 5.41. The summed E-state index contributed by atoms with van der Waals surface area (Å²) in [6.45, 7) is 5.62. The second-order valence-electron chi connectivity index (χ2n) is 2.04. The number of hydrogen-bond donors (Lipinski definition) is 0. The van der Waals surface area contributed by atoms with E-state index in [2.05, 4.69) is 11.7 Å². The van der Waals surface area contributed by atoms with Crippen molar-refractivity contribution in [2.75, 3.05) is 0 Å². The van der Waals surface area contributed by atoms with Gasteiger partial charge in [0, 0.05) is 12.7 Å². The second-order valence-corrected chi connectivity index (χ2v) is 2.04. The van der Waals surface area contributed by atoms with Crippen LogP contribution in [0.2, 0.25) is 0 Å². The van der Waals surface area contributed by atoms with Crippen LogP contribution >= 0.6 is 0 Å². The molecular weight excluding hydrogens is 112 g/mol. The maximum Gasteiger partial charge on any atom is 0.0847 e. The maximum absolute atomic E-state index is 4.13. The fraction of sp³-hybridized carbons (Fsp3) is 0.286. The molecule has 1 rings (SSSR count). The first kappa shape index (κ1) is 6.08. The first-order chi connectivity index (χ1) is 4.24. The summed E-state index contributed by atoms with van der Waals surface area (Å²) in [5, 5.41) is 4.13. The average molecular weight is 122 g/mol. The van der Waals surface area contributed by atoms with E-state index in [1.165, 1.54) is 0 Å². The largest absolute Gasteiger partial charge is 0.272 e. The predicted octanol–water partition coefficient (Wildman–Crippen LogP) is 1.37. The van der Waals surface area contributed by atoms with Crippen LogP contribution in [0, 0.1) is 6.92 Å². The highest BCUT2D eigenvalue weighted by Gasteiger charge is 1.93. The van der Waals surface area contributed by atoms with E-state index in [4.69, 9.17) is 0 Å². The molecule has 1 heterocycles. The van der Waals surface area contributed by atoms with Gasteiger partial charge in [0.05, 0.1) is 5.69 Å². The first-order valence-electron chi connectivity index (χ1n) is 2.87. The average Bonchev–Trinajstić information content (AvgIpc) is 2.13. The lowest BCUT2D eigenvalue weighted by molar-refractivity contribution is 0.737. The Balaban J connectivity index is 3.11. The summed E-state index contributed by atoms with van der Waals surface area (Å²) in [6.07, 6.45) is 1.74. The smallest absolute Gasteiger partial charge is 0.0847 e. The Kier molecular flexibility index (Phi) is 1.39. The SMILES string of the molecule is C=Cc1cc(C)n(C)n1. The minimum Gasteiger partial charge on any atom is -0.272 e. The third-order valence-electron chi connectivity index (χ3n) is 1.34. The second kappa shape index (κ2) is 2.05. The van der Waals surface area contributed by atoms with Gasteiger partial charge in [-0.3, -0.25) is 4.68 Å². The van der Waals surface area contributed by atoms with E-state index in [1.54, 1.807) is 6.08 Å². The summed E-state index contributed by atoms with van der Waals surface area (Å²) in [7, 11) is 1.92. The van der Waals surface area contributed by atoms with Crippen LogP contribution in [0.1, 0.15) is 11.4 Å². The van der Waals surface area contributed by atoms with Crippen LogP contribution < -0.4 is 0 Å². The van der Waals surface area contributed by atoms with Gasteiger partial charge in [0.2, 0.25) is 0 Å². The molecule has 0 unspecified atom stereocenters. The third kappa shape index (κ3) is 1.02. The van der Waals surface area contributed by atoms with Crippen molar-refractivity contribution in [3.05, 3.63) is 24.0 Å². The van der Waals surface area contributed by atoms with Crippen molar-refractivity contribution >= 4 is 6.08 Å². The molecule has 0 spiro atoms. The lowest BCUT2D eigenvalue weighted by atomic mass is 10.4. The summed E-state index contributed by atoms with van der Waals surface area (Å²) in [5.41, 5.74) is 2.10. The number of hydrogen-bond acceptors (Lipinski definition) is 1. The van der Waals surface area contributed by atoms with Crippen LogP contribution in [0.15, 0.2) is 12.6 Å². The summed E-state index contributed by atoms with van der Waals surface area (Å²) in [4.78, 5) is 0. The van der Waals surface area contributed by atoms with Crippen molar-refractivity contribution in [1.82, 2.24) is 9.78 Å². The zero-order chi connectivity index (χ0) is 6.85. The van der Waals surface area contributed by atoms with E-state index in [-0.39, 0.29) is 0 Å². The van der Waals surface area contributed by atoms with Gasteiger partial charge in [-0.25, -0.2) is 0 Å². The lowest BCUT2D eigenvalue weighted by Crippen LogP contribution is -1.91. The van der Waals surface area contributed by atoms with Crippen LogP contribution in [0.25, 0.3) is 6.08 Å². The molecule has 0 bridgehead atoms. The van der Waals surface area contributed by atoms with Crippen molar-refractivity contribution in [3.8, 4) is 0 Å². The lowest BCUT2D eigenvalue weighted by Gasteiger charge is -1.87. The molecular formula is C7H10N2. The zero-order valence-electron chi connectivity index (χ0n) is 5.76. The number of nitrogens with zero attached hydrogens (tertiary/aromatic N) is 2. The molecule has 1 aromatic heterocycles. The molecule has 1 aromatic rings. The highest BCUT2D eigenvalue weighted by atomic mass is 15.3. The van der Waals surface area contributed by atoms with Gasteiger partial charge in [-0.1, -0.05) is 6.58 Å². The van der Waals surface area contributed by atoms with Crippen LogP contribution in [0.4, 0.5) is 0 Å². The number of aryl methyl sites for hydroxylation is 2. The number of aromatic nitrogens is 2. The molecule has 2 nitrogen and oxygen atoms in total. The van der Waals surface area contributed by atoms with Crippen molar-refractivity contribution in [2.24, 2.45) is 7.05 Å². The van der Waals surface area contributed by atoms with E-state index in [0.29, 0.717) is 0 Å². The molecule has 0 aliphatic rings. The molecule has 2 heteroatoms. The topological polar surface area (TPSA) is 17.8 Å². The molecule has 9 heavy (non-hydrogen) atoms. The van der Waals surface area contributed by atoms with Crippen LogP contribution in [0.3, 0.4) is 0 Å². The summed E-state index contributed by atoms with van der Waals surface area (Å²) < 4.78 is 1.83. The molecule has 0 atom stereocenters. The van der Waals surface area contributed by atoms with Gasteiger partial charge in [0.25, 0.3) is 0 Å². The predicted molar refractivity (Wildman–Crippen MR) is 38.0 cm³/mol. The van der Waals surface area contributed by atoms with Gasteiger partial charge in [-0.15, -0.1) is 0 Å². The van der Waals surface area contributed by atoms with Gasteiger partial charge in [-0.05, 0) is 19.1 Å². The Morgan fingerprint density at radius 3 is 2.67 bits per heavy atom. The third-order valence-corrected chi connectivity index (χ3v) is 1.34. The molecule has 0 saturated heterocycles. The molecule has 0 saturated carbocycles. The van der Waals surface area contributed by atoms with E-state index < -0.39 is 0 Å². The molecule has 48 valence electrons. The summed E-state index contributed by atoms with van der Waals surface area (Å²) >= 11 is 0. The van der Waals surface area contributed by atoms with Gasteiger partial charge in [0.1, 0.15) is 0 Å². The van der Waals surface area contributed by atoms with Crippen molar-refractivity contribution in [2.45, 2.75) is 6.92 Å². The van der Waals surface area contributed by atoms with Gasteiger partial charge < -0.3 is 0 Å². The van der Waals surface area contributed by atoms with E-state index >= 15 is 0 Å². The minimum absolute atomic E-state index is 0.940. The molecule has 0 amide bonds. The normalized spacial score (nSPS) is 9.56. The van der Waals surface area contributed by atoms with Crippen molar-refractivity contribution in [3.63, 3.8) is 0 Å². The fourth-order valence-corrected chi connectivity index (χ4v) is 0.688. The summed E-state index contributed by atoms with van der Waals surface area (Å²) in [6, 6.07) is 1.99. The monoisotopic (exact) mass is 122 g/mol. The summed E-state index contributed by atoms with van der Waals surface area (Å²) in [5.74, 6) is 0. The minimum atomic E-state index is 0.940.